The fourth-order valence-corrected chi connectivity index (χ4v) is 2.50. The lowest BCUT2D eigenvalue weighted by Crippen LogP contribution is -2.29. The van der Waals surface area contributed by atoms with Gasteiger partial charge in [-0.1, -0.05) is 29.8 Å². The van der Waals surface area contributed by atoms with Crippen molar-refractivity contribution in [2.45, 2.75) is 26.3 Å². The van der Waals surface area contributed by atoms with E-state index in [9.17, 15) is 0 Å². The molecule has 0 aromatic heterocycles. The summed E-state index contributed by atoms with van der Waals surface area (Å²) in [6.07, 6.45) is 2.73. The van der Waals surface area contributed by atoms with Crippen LogP contribution in [0.1, 0.15) is 24.0 Å². The Labute approximate surface area is 109 Å². The molecule has 94 valence electrons. The van der Waals surface area contributed by atoms with Crippen LogP contribution in [-0.2, 0) is 6.54 Å². The number of nitrogens with zero attached hydrogens (tertiary/aromatic N) is 1. The first-order valence-corrected chi connectivity index (χ1v) is 6.82. The zero-order valence-electron chi connectivity index (χ0n) is 10.5. The lowest BCUT2D eigenvalue weighted by molar-refractivity contribution is 0.335. The standard InChI is InChI=1S/C14H21ClN2/c1-12-5-4-6-13(14(12)15)11-16-7-10-17-8-2-3-9-17/h4-6,16H,2-3,7-11H2,1H3. The van der Waals surface area contributed by atoms with Crippen molar-refractivity contribution in [2.75, 3.05) is 26.2 Å². The van der Waals surface area contributed by atoms with Gasteiger partial charge in [0, 0.05) is 24.7 Å². The second-order valence-electron chi connectivity index (χ2n) is 4.77. The largest absolute Gasteiger partial charge is 0.311 e. The first-order valence-electron chi connectivity index (χ1n) is 6.44. The molecule has 0 amide bonds. The minimum atomic E-state index is 0.869. The predicted molar refractivity (Wildman–Crippen MR) is 73.6 cm³/mol. The summed E-state index contributed by atoms with van der Waals surface area (Å²) in [5.74, 6) is 0. The predicted octanol–water partition coefficient (Wildman–Crippen LogP) is 2.83. The van der Waals surface area contributed by atoms with E-state index < -0.39 is 0 Å². The van der Waals surface area contributed by atoms with E-state index in [2.05, 4.69) is 35.3 Å². The Morgan fingerprint density at radius 3 is 2.82 bits per heavy atom. The summed E-state index contributed by atoms with van der Waals surface area (Å²) < 4.78 is 0. The third-order valence-electron chi connectivity index (χ3n) is 3.39. The van der Waals surface area contributed by atoms with Crippen molar-refractivity contribution in [3.63, 3.8) is 0 Å². The van der Waals surface area contributed by atoms with Crippen molar-refractivity contribution in [3.05, 3.63) is 34.3 Å². The van der Waals surface area contributed by atoms with E-state index in [0.717, 1.165) is 30.2 Å². The van der Waals surface area contributed by atoms with E-state index in [1.807, 2.05) is 0 Å². The van der Waals surface area contributed by atoms with Crippen LogP contribution in [0.5, 0.6) is 0 Å². The average molecular weight is 253 g/mol. The quantitative estimate of drug-likeness (QED) is 0.811. The Kier molecular flexibility index (Phi) is 4.84. The molecule has 1 aromatic rings. The van der Waals surface area contributed by atoms with Crippen molar-refractivity contribution in [1.29, 1.82) is 0 Å². The third-order valence-corrected chi connectivity index (χ3v) is 3.93. The summed E-state index contributed by atoms with van der Waals surface area (Å²) in [7, 11) is 0. The molecule has 17 heavy (non-hydrogen) atoms. The van der Waals surface area contributed by atoms with Crippen molar-refractivity contribution in [3.8, 4) is 0 Å². The summed E-state index contributed by atoms with van der Waals surface area (Å²) in [5.41, 5.74) is 2.36. The van der Waals surface area contributed by atoms with Crippen LogP contribution in [0.2, 0.25) is 5.02 Å². The van der Waals surface area contributed by atoms with Crippen LogP contribution >= 0.6 is 11.6 Å². The highest BCUT2D eigenvalue weighted by molar-refractivity contribution is 6.32. The molecule has 0 saturated carbocycles. The summed E-state index contributed by atoms with van der Waals surface area (Å²) in [6, 6.07) is 6.22. The molecule has 1 saturated heterocycles. The first-order chi connectivity index (χ1) is 8.27. The Hall–Kier alpha value is -0.570. The number of halogens is 1. The Morgan fingerprint density at radius 2 is 2.06 bits per heavy atom. The van der Waals surface area contributed by atoms with Gasteiger partial charge < -0.3 is 10.2 Å². The van der Waals surface area contributed by atoms with Crippen LogP contribution < -0.4 is 5.32 Å². The highest BCUT2D eigenvalue weighted by Crippen LogP contribution is 2.19. The lowest BCUT2D eigenvalue weighted by atomic mass is 10.1. The molecule has 0 aliphatic carbocycles. The second-order valence-corrected chi connectivity index (χ2v) is 5.15. The molecule has 1 aliphatic heterocycles. The number of nitrogens with one attached hydrogen (secondary N) is 1. The minimum Gasteiger partial charge on any atom is -0.311 e. The van der Waals surface area contributed by atoms with Crippen LogP contribution in [0.25, 0.3) is 0 Å². The van der Waals surface area contributed by atoms with E-state index in [1.165, 1.54) is 31.5 Å². The maximum Gasteiger partial charge on any atom is 0.0480 e. The van der Waals surface area contributed by atoms with Crippen LogP contribution in [0, 0.1) is 6.92 Å². The Morgan fingerprint density at radius 1 is 1.29 bits per heavy atom. The smallest absolute Gasteiger partial charge is 0.0480 e. The number of aryl methyl sites for hydroxylation is 1. The van der Waals surface area contributed by atoms with Gasteiger partial charge in [-0.25, -0.2) is 0 Å². The maximum atomic E-state index is 6.25. The first kappa shape index (κ1) is 12.9. The number of benzene rings is 1. The van der Waals surface area contributed by atoms with Crippen molar-refractivity contribution < 1.29 is 0 Å². The molecule has 0 atom stereocenters. The van der Waals surface area contributed by atoms with E-state index in [-0.39, 0.29) is 0 Å². The van der Waals surface area contributed by atoms with Gasteiger partial charge in [-0.15, -0.1) is 0 Å². The molecule has 1 N–H and O–H groups in total. The van der Waals surface area contributed by atoms with E-state index in [1.54, 1.807) is 0 Å². The Balaban J connectivity index is 1.72. The number of hydrogen-bond donors (Lipinski definition) is 1. The van der Waals surface area contributed by atoms with E-state index in [0.29, 0.717) is 0 Å². The van der Waals surface area contributed by atoms with Gasteiger partial charge in [0.2, 0.25) is 0 Å². The van der Waals surface area contributed by atoms with Crippen LogP contribution in [0.4, 0.5) is 0 Å². The zero-order valence-corrected chi connectivity index (χ0v) is 11.3. The normalized spacial score (nSPS) is 16.6. The van der Waals surface area contributed by atoms with E-state index >= 15 is 0 Å². The van der Waals surface area contributed by atoms with Gasteiger partial charge in [-0.2, -0.15) is 0 Å². The van der Waals surface area contributed by atoms with Crippen molar-refractivity contribution in [1.82, 2.24) is 10.2 Å². The SMILES string of the molecule is Cc1cccc(CNCCN2CCCC2)c1Cl. The van der Waals surface area contributed by atoms with Crippen LogP contribution in [0.15, 0.2) is 18.2 Å². The van der Waals surface area contributed by atoms with Crippen LogP contribution in [0.3, 0.4) is 0 Å². The van der Waals surface area contributed by atoms with Gasteiger partial charge in [0.05, 0.1) is 0 Å². The monoisotopic (exact) mass is 252 g/mol. The molecule has 1 aliphatic rings. The number of likely N-dealkylation sites (tertiary alicyclic amines) is 1. The molecule has 0 bridgehead atoms. The number of hydrogen-bond acceptors (Lipinski definition) is 2. The van der Waals surface area contributed by atoms with Gasteiger partial charge in [0.15, 0.2) is 0 Å². The van der Waals surface area contributed by atoms with Crippen LogP contribution in [-0.4, -0.2) is 31.1 Å². The van der Waals surface area contributed by atoms with Gasteiger partial charge in [0.1, 0.15) is 0 Å². The second kappa shape index (κ2) is 6.39. The molecular weight excluding hydrogens is 232 g/mol. The topological polar surface area (TPSA) is 15.3 Å². The molecular formula is C14H21ClN2. The molecule has 0 radical (unpaired) electrons. The molecule has 2 nitrogen and oxygen atoms in total. The molecule has 3 heteroatoms. The van der Waals surface area contributed by atoms with Gasteiger partial charge in [-0.05, 0) is 44.0 Å². The molecule has 0 spiro atoms. The highest BCUT2D eigenvalue weighted by atomic mass is 35.5. The average Bonchev–Trinajstić information content (AvgIpc) is 2.83. The maximum absolute atomic E-state index is 6.25. The van der Waals surface area contributed by atoms with Gasteiger partial charge >= 0.3 is 0 Å². The number of rotatable bonds is 5. The summed E-state index contributed by atoms with van der Waals surface area (Å²) in [4.78, 5) is 2.52. The molecule has 2 rings (SSSR count). The fourth-order valence-electron chi connectivity index (χ4n) is 2.31. The van der Waals surface area contributed by atoms with Crippen molar-refractivity contribution >= 4 is 11.6 Å². The lowest BCUT2D eigenvalue weighted by Gasteiger charge is -2.15. The minimum absolute atomic E-state index is 0.869. The van der Waals surface area contributed by atoms with Gasteiger partial charge in [0.25, 0.3) is 0 Å². The summed E-state index contributed by atoms with van der Waals surface area (Å²) in [5, 5.41) is 4.37. The Bertz CT molecular complexity index is 359. The molecule has 0 unspecified atom stereocenters. The third kappa shape index (κ3) is 3.70. The summed E-state index contributed by atoms with van der Waals surface area (Å²) in [6.45, 7) is 7.66. The molecule has 1 aromatic carbocycles. The van der Waals surface area contributed by atoms with Crippen molar-refractivity contribution in [2.24, 2.45) is 0 Å². The van der Waals surface area contributed by atoms with E-state index in [4.69, 9.17) is 11.6 Å². The zero-order chi connectivity index (χ0) is 12.1. The highest BCUT2D eigenvalue weighted by Gasteiger charge is 2.10. The van der Waals surface area contributed by atoms with Gasteiger partial charge in [-0.3, -0.25) is 0 Å². The summed E-state index contributed by atoms with van der Waals surface area (Å²) >= 11 is 6.25. The molecule has 1 fully saturated rings. The fraction of sp³-hybridized carbons (Fsp3) is 0.571. The molecule has 1 heterocycles.